The van der Waals surface area contributed by atoms with E-state index in [9.17, 15) is 24.3 Å². The number of nitrogens with one attached hydrogen (secondary N) is 3. The number of thioether (sulfide) groups is 1. The number of hydrogen-bond acceptors (Lipinski definition) is 8. The Kier molecular flexibility index (Phi) is 14.5. The van der Waals surface area contributed by atoms with Crippen LogP contribution < -0.4 is 33.2 Å². The molecule has 14 heteroatoms. The molecule has 0 spiro atoms. The van der Waals surface area contributed by atoms with Gasteiger partial charge in [-0.15, -0.1) is 0 Å². The van der Waals surface area contributed by atoms with E-state index in [0.717, 1.165) is 0 Å². The second-order valence-electron chi connectivity index (χ2n) is 6.20. The summed E-state index contributed by atoms with van der Waals surface area (Å²) in [5, 5.41) is 16.7. The van der Waals surface area contributed by atoms with E-state index in [0.29, 0.717) is 12.2 Å². The highest BCUT2D eigenvalue weighted by Crippen LogP contribution is 2.05. The van der Waals surface area contributed by atoms with Gasteiger partial charge >= 0.3 is 5.97 Å². The number of rotatable bonds is 15. The molecule has 0 aromatic carbocycles. The Morgan fingerprint density at radius 3 is 2.13 bits per heavy atom. The highest BCUT2D eigenvalue weighted by molar-refractivity contribution is 7.98. The average Bonchev–Trinajstić information content (AvgIpc) is 2.70. The predicted octanol–water partition coefficient (Wildman–Crippen LogP) is -2.78. The zero-order valence-electron chi connectivity index (χ0n) is 16.8. The normalized spacial score (nSPS) is 13.4. The number of aliphatic imine (C=N–C) groups is 1. The fraction of sp³-hybridized carbons (Fsp3) is 0.688. The van der Waals surface area contributed by atoms with Gasteiger partial charge in [0.05, 0.1) is 6.54 Å². The molecule has 10 N–H and O–H groups in total. The molecule has 0 aliphatic rings. The van der Waals surface area contributed by atoms with E-state index in [1.807, 2.05) is 6.26 Å². The van der Waals surface area contributed by atoms with Crippen LogP contribution >= 0.6 is 24.4 Å². The molecule has 30 heavy (non-hydrogen) atoms. The zero-order valence-corrected chi connectivity index (χ0v) is 18.5. The van der Waals surface area contributed by atoms with Crippen molar-refractivity contribution in [2.24, 2.45) is 22.2 Å². The zero-order chi connectivity index (χ0) is 23.1. The van der Waals surface area contributed by atoms with Gasteiger partial charge in [-0.1, -0.05) is 0 Å². The molecule has 3 atom stereocenters. The maximum atomic E-state index is 12.6. The highest BCUT2D eigenvalue weighted by atomic mass is 32.2. The van der Waals surface area contributed by atoms with Crippen LogP contribution in [0.1, 0.15) is 19.3 Å². The second-order valence-corrected chi connectivity index (χ2v) is 7.55. The van der Waals surface area contributed by atoms with Gasteiger partial charge in [0, 0.05) is 12.3 Å². The Morgan fingerprint density at radius 1 is 1.03 bits per heavy atom. The number of carboxylic acid groups (broad SMARTS) is 1. The van der Waals surface area contributed by atoms with E-state index < -0.39 is 41.8 Å². The molecule has 0 aromatic rings. The SMILES string of the molecule is CSCCC(NC(=O)C(CS)NC(=O)CN)C(=O)NC(CCCN=C(N)N)C(=O)O. The first-order valence-corrected chi connectivity index (χ1v) is 11.2. The lowest BCUT2D eigenvalue weighted by atomic mass is 10.1. The Labute approximate surface area is 184 Å². The summed E-state index contributed by atoms with van der Waals surface area (Å²) in [4.78, 5) is 51.8. The van der Waals surface area contributed by atoms with Gasteiger partial charge in [0.2, 0.25) is 17.7 Å². The van der Waals surface area contributed by atoms with Gasteiger partial charge in [0.1, 0.15) is 18.1 Å². The van der Waals surface area contributed by atoms with Crippen molar-refractivity contribution >= 4 is 54.0 Å². The van der Waals surface area contributed by atoms with Crippen LogP contribution in [-0.4, -0.2) is 83.7 Å². The molecular formula is C16H31N7O5S2. The summed E-state index contributed by atoms with van der Waals surface area (Å²) in [7, 11) is 0. The lowest BCUT2D eigenvalue weighted by Gasteiger charge is -2.23. The van der Waals surface area contributed by atoms with E-state index in [2.05, 4.69) is 33.6 Å². The Morgan fingerprint density at radius 2 is 1.63 bits per heavy atom. The molecule has 0 aliphatic carbocycles. The average molecular weight is 466 g/mol. The van der Waals surface area contributed by atoms with Crippen molar-refractivity contribution in [2.75, 3.05) is 30.9 Å². The topological polar surface area (TPSA) is 215 Å². The number of nitrogens with zero attached hydrogens (tertiary/aromatic N) is 1. The van der Waals surface area contributed by atoms with Crippen molar-refractivity contribution in [3.8, 4) is 0 Å². The molecule has 0 aromatic heterocycles. The number of thiol groups is 1. The molecule has 0 rings (SSSR count). The molecule has 3 unspecified atom stereocenters. The van der Waals surface area contributed by atoms with Crippen molar-refractivity contribution in [1.29, 1.82) is 0 Å². The van der Waals surface area contributed by atoms with E-state index in [1.54, 1.807) is 0 Å². The number of nitrogens with two attached hydrogens (primary N) is 3. The van der Waals surface area contributed by atoms with E-state index >= 15 is 0 Å². The maximum absolute atomic E-state index is 12.6. The van der Waals surface area contributed by atoms with Crippen molar-refractivity contribution < 1.29 is 24.3 Å². The molecule has 12 nitrogen and oxygen atoms in total. The van der Waals surface area contributed by atoms with Gasteiger partial charge in [-0.3, -0.25) is 19.4 Å². The fourth-order valence-electron chi connectivity index (χ4n) is 2.26. The second kappa shape index (κ2) is 15.6. The van der Waals surface area contributed by atoms with Crippen LogP contribution in [0.2, 0.25) is 0 Å². The van der Waals surface area contributed by atoms with Gasteiger partial charge in [0.15, 0.2) is 5.96 Å². The molecule has 0 saturated carbocycles. The van der Waals surface area contributed by atoms with Crippen molar-refractivity contribution in [2.45, 2.75) is 37.4 Å². The Balaban J connectivity index is 5.08. The van der Waals surface area contributed by atoms with Crippen LogP contribution in [0.15, 0.2) is 4.99 Å². The molecule has 0 saturated heterocycles. The van der Waals surface area contributed by atoms with Crippen molar-refractivity contribution in [3.63, 3.8) is 0 Å². The quantitative estimate of drug-likeness (QED) is 0.0542. The van der Waals surface area contributed by atoms with E-state index in [4.69, 9.17) is 17.2 Å². The number of hydrogen-bond donors (Lipinski definition) is 8. The first-order chi connectivity index (χ1) is 14.2. The number of carbonyl (C=O) groups is 4. The van der Waals surface area contributed by atoms with Crippen LogP contribution in [0.5, 0.6) is 0 Å². The third kappa shape index (κ3) is 11.7. The summed E-state index contributed by atoms with van der Waals surface area (Å²) >= 11 is 5.49. The van der Waals surface area contributed by atoms with Crippen LogP contribution in [-0.2, 0) is 19.2 Å². The summed E-state index contributed by atoms with van der Waals surface area (Å²) in [6, 6.07) is -3.14. The lowest BCUT2D eigenvalue weighted by molar-refractivity contribution is -0.142. The number of carbonyl (C=O) groups excluding carboxylic acids is 3. The molecule has 0 heterocycles. The van der Waals surface area contributed by atoms with Crippen molar-refractivity contribution in [3.05, 3.63) is 0 Å². The standard InChI is InChI=1S/C16H31N7O5S2/c1-30-6-4-9(22-14(26)11(8-29)21-12(24)7-17)13(25)23-10(15(27)28)3-2-5-20-16(18)19/h9-11,29H,2-8,17H2,1H3,(H,21,24)(H,22,26)(H,23,25)(H,27,28)(H4,18,19,20). The molecule has 172 valence electrons. The maximum Gasteiger partial charge on any atom is 0.326 e. The summed E-state index contributed by atoms with van der Waals surface area (Å²) in [6.45, 7) is -0.0762. The van der Waals surface area contributed by atoms with Gasteiger partial charge < -0.3 is 38.3 Å². The third-order valence-electron chi connectivity index (χ3n) is 3.82. The minimum absolute atomic E-state index is 0.00299. The van der Waals surface area contributed by atoms with Gasteiger partial charge in [-0.25, -0.2) is 4.79 Å². The first kappa shape index (κ1) is 27.8. The largest absolute Gasteiger partial charge is 0.480 e. The minimum atomic E-state index is -1.22. The molecule has 0 bridgehead atoms. The first-order valence-electron chi connectivity index (χ1n) is 9.14. The molecule has 0 aliphatic heterocycles. The minimum Gasteiger partial charge on any atom is -0.480 e. The number of guanidine groups is 1. The Hall–Kier alpha value is -2.19. The van der Waals surface area contributed by atoms with Gasteiger partial charge in [0.25, 0.3) is 0 Å². The van der Waals surface area contributed by atoms with Gasteiger partial charge in [-0.05, 0) is 31.3 Å². The lowest BCUT2D eigenvalue weighted by Crippen LogP contribution is -2.56. The molecular weight excluding hydrogens is 434 g/mol. The number of aliphatic carboxylic acids is 1. The van der Waals surface area contributed by atoms with Crippen LogP contribution in [0, 0.1) is 0 Å². The van der Waals surface area contributed by atoms with E-state index in [1.165, 1.54) is 11.8 Å². The predicted molar refractivity (Wildman–Crippen MR) is 119 cm³/mol. The smallest absolute Gasteiger partial charge is 0.326 e. The molecule has 0 fully saturated rings. The molecule has 3 amide bonds. The van der Waals surface area contributed by atoms with Crippen LogP contribution in [0.3, 0.4) is 0 Å². The van der Waals surface area contributed by atoms with Crippen LogP contribution in [0.25, 0.3) is 0 Å². The Bertz CT molecular complexity index is 617. The fourth-order valence-corrected chi connectivity index (χ4v) is 2.99. The summed E-state index contributed by atoms with van der Waals surface area (Å²) in [5.41, 5.74) is 15.7. The highest BCUT2D eigenvalue weighted by Gasteiger charge is 2.28. The van der Waals surface area contributed by atoms with Crippen molar-refractivity contribution in [1.82, 2.24) is 16.0 Å². The summed E-state index contributed by atoms with van der Waals surface area (Å²) in [6.07, 6.45) is 2.54. The monoisotopic (exact) mass is 465 g/mol. The van der Waals surface area contributed by atoms with Gasteiger partial charge in [-0.2, -0.15) is 24.4 Å². The molecule has 0 radical (unpaired) electrons. The third-order valence-corrected chi connectivity index (χ3v) is 4.83. The number of amides is 3. The summed E-state index contributed by atoms with van der Waals surface area (Å²) in [5.74, 6) is -2.58. The van der Waals surface area contributed by atoms with Crippen LogP contribution in [0.4, 0.5) is 0 Å². The summed E-state index contributed by atoms with van der Waals surface area (Å²) < 4.78 is 0. The number of carboxylic acids is 1. The van der Waals surface area contributed by atoms with E-state index in [-0.39, 0.29) is 37.6 Å².